The Morgan fingerprint density at radius 3 is 2.78 bits per heavy atom. The van der Waals surface area contributed by atoms with E-state index in [0.717, 1.165) is 0 Å². The first-order valence-electron chi connectivity index (χ1n) is 5.79. The van der Waals surface area contributed by atoms with Crippen LogP contribution in [0.2, 0.25) is 0 Å². The monoisotopic (exact) mass is 266 g/mol. The van der Waals surface area contributed by atoms with E-state index in [-0.39, 0.29) is 5.91 Å². The summed E-state index contributed by atoms with van der Waals surface area (Å²) >= 11 is 4.88. The van der Waals surface area contributed by atoms with Crippen LogP contribution in [0.25, 0.3) is 0 Å². The van der Waals surface area contributed by atoms with Gasteiger partial charge in [0.25, 0.3) is 5.91 Å². The number of thiocarbonyl (C=S) groups is 1. The van der Waals surface area contributed by atoms with Gasteiger partial charge >= 0.3 is 0 Å². The van der Waals surface area contributed by atoms with Crippen molar-refractivity contribution in [2.45, 2.75) is 13.8 Å². The Morgan fingerprint density at radius 1 is 1.44 bits per heavy atom. The molecule has 0 aromatic heterocycles. The molecule has 0 saturated carbocycles. The zero-order valence-corrected chi connectivity index (χ0v) is 11.6. The van der Waals surface area contributed by atoms with Crippen LogP contribution in [0, 0.1) is 5.92 Å². The fourth-order valence-corrected chi connectivity index (χ4v) is 1.32. The standard InChI is InChI=1S/C13H18N2O2S/c1-9(2)8-17-11-6-4-5-10(7-11)12(16)15-13(18)14-3/h4-7,9H,8H2,1-3H3,(H2,14,15,16,18). The molecule has 0 radical (unpaired) electrons. The van der Waals surface area contributed by atoms with Gasteiger partial charge < -0.3 is 10.1 Å². The van der Waals surface area contributed by atoms with Crippen LogP contribution in [0.5, 0.6) is 5.75 Å². The highest BCUT2D eigenvalue weighted by Crippen LogP contribution is 2.14. The third-order valence-electron chi connectivity index (χ3n) is 2.13. The number of ether oxygens (including phenoxy) is 1. The van der Waals surface area contributed by atoms with Gasteiger partial charge in [0.2, 0.25) is 0 Å². The summed E-state index contributed by atoms with van der Waals surface area (Å²) in [7, 11) is 1.66. The third-order valence-corrected chi connectivity index (χ3v) is 2.44. The summed E-state index contributed by atoms with van der Waals surface area (Å²) in [4.78, 5) is 11.8. The number of benzene rings is 1. The molecule has 0 saturated heterocycles. The minimum absolute atomic E-state index is 0.246. The lowest BCUT2D eigenvalue weighted by molar-refractivity contribution is 0.0976. The van der Waals surface area contributed by atoms with Crippen molar-refractivity contribution in [2.24, 2.45) is 5.92 Å². The van der Waals surface area contributed by atoms with Crippen LogP contribution in [0.4, 0.5) is 0 Å². The summed E-state index contributed by atoms with van der Waals surface area (Å²) in [5, 5.41) is 5.55. The molecule has 0 spiro atoms. The van der Waals surface area contributed by atoms with E-state index < -0.39 is 0 Å². The van der Waals surface area contributed by atoms with E-state index in [2.05, 4.69) is 24.5 Å². The fourth-order valence-electron chi connectivity index (χ4n) is 1.23. The molecule has 2 N–H and O–H groups in total. The van der Waals surface area contributed by atoms with Gasteiger partial charge in [0.05, 0.1) is 6.61 Å². The highest BCUT2D eigenvalue weighted by atomic mass is 32.1. The molecule has 4 nitrogen and oxygen atoms in total. The smallest absolute Gasteiger partial charge is 0.257 e. The first kappa shape index (κ1) is 14.4. The van der Waals surface area contributed by atoms with Crippen LogP contribution in [0.15, 0.2) is 24.3 Å². The summed E-state index contributed by atoms with van der Waals surface area (Å²) in [5.74, 6) is 0.885. The van der Waals surface area contributed by atoms with Crippen LogP contribution in [0.1, 0.15) is 24.2 Å². The minimum atomic E-state index is -0.246. The zero-order valence-electron chi connectivity index (χ0n) is 10.8. The maximum atomic E-state index is 11.8. The fraction of sp³-hybridized carbons (Fsp3) is 0.385. The summed E-state index contributed by atoms with van der Waals surface area (Å²) in [6.07, 6.45) is 0. The molecule has 0 heterocycles. The van der Waals surface area contributed by atoms with Gasteiger partial charge in [-0.05, 0) is 36.3 Å². The highest BCUT2D eigenvalue weighted by Gasteiger charge is 2.08. The number of nitrogens with one attached hydrogen (secondary N) is 2. The quantitative estimate of drug-likeness (QED) is 0.818. The van der Waals surface area contributed by atoms with Gasteiger partial charge in [0.15, 0.2) is 5.11 Å². The van der Waals surface area contributed by atoms with E-state index in [1.807, 2.05) is 6.07 Å². The van der Waals surface area contributed by atoms with Crippen LogP contribution in [-0.2, 0) is 0 Å². The van der Waals surface area contributed by atoms with E-state index in [4.69, 9.17) is 17.0 Å². The van der Waals surface area contributed by atoms with Crippen molar-refractivity contribution in [3.63, 3.8) is 0 Å². The molecule has 5 heteroatoms. The number of carbonyl (C=O) groups excluding carboxylic acids is 1. The summed E-state index contributed by atoms with van der Waals surface area (Å²) in [6.45, 7) is 4.77. The third kappa shape index (κ3) is 4.71. The Labute approximate surface area is 113 Å². The van der Waals surface area contributed by atoms with Crippen molar-refractivity contribution < 1.29 is 9.53 Å². The number of hydrogen-bond acceptors (Lipinski definition) is 3. The largest absolute Gasteiger partial charge is 0.493 e. The Balaban J connectivity index is 2.69. The van der Waals surface area contributed by atoms with Crippen molar-refractivity contribution in [3.8, 4) is 5.75 Å². The zero-order chi connectivity index (χ0) is 13.5. The van der Waals surface area contributed by atoms with Crippen molar-refractivity contribution >= 4 is 23.2 Å². The maximum Gasteiger partial charge on any atom is 0.257 e. The molecule has 18 heavy (non-hydrogen) atoms. The Morgan fingerprint density at radius 2 is 2.17 bits per heavy atom. The molecule has 98 valence electrons. The molecule has 0 aliphatic carbocycles. The van der Waals surface area contributed by atoms with Crippen molar-refractivity contribution in [1.82, 2.24) is 10.6 Å². The van der Waals surface area contributed by atoms with Crippen LogP contribution >= 0.6 is 12.2 Å². The SMILES string of the molecule is CNC(=S)NC(=O)c1cccc(OCC(C)C)c1. The van der Waals surface area contributed by atoms with Crippen LogP contribution in [0.3, 0.4) is 0 Å². The minimum Gasteiger partial charge on any atom is -0.493 e. The Kier molecular flexibility index (Phi) is 5.58. The molecule has 0 bridgehead atoms. The van der Waals surface area contributed by atoms with Gasteiger partial charge in [-0.2, -0.15) is 0 Å². The van der Waals surface area contributed by atoms with Gasteiger partial charge in [-0.3, -0.25) is 10.1 Å². The molecule has 0 atom stereocenters. The molecule has 1 amide bonds. The normalized spacial score (nSPS) is 10.0. The highest BCUT2D eigenvalue weighted by molar-refractivity contribution is 7.80. The van der Waals surface area contributed by atoms with E-state index in [1.165, 1.54) is 0 Å². The van der Waals surface area contributed by atoms with Gasteiger partial charge in [-0.25, -0.2) is 0 Å². The molecule has 0 aliphatic rings. The average molecular weight is 266 g/mol. The van der Waals surface area contributed by atoms with Gasteiger partial charge in [0.1, 0.15) is 5.75 Å². The summed E-state index contributed by atoms with van der Waals surface area (Å²) < 4.78 is 5.56. The number of hydrogen-bond donors (Lipinski definition) is 2. The lowest BCUT2D eigenvalue weighted by Crippen LogP contribution is -2.37. The number of rotatable bonds is 4. The molecule has 0 fully saturated rings. The topological polar surface area (TPSA) is 50.4 Å². The van der Waals surface area contributed by atoms with E-state index in [0.29, 0.717) is 29.0 Å². The maximum absolute atomic E-state index is 11.8. The summed E-state index contributed by atoms with van der Waals surface area (Å²) in [6, 6.07) is 7.04. The number of carbonyl (C=O) groups is 1. The molecule has 1 aromatic rings. The van der Waals surface area contributed by atoms with Crippen molar-refractivity contribution in [2.75, 3.05) is 13.7 Å². The Bertz CT molecular complexity index is 433. The number of amides is 1. The second-order valence-corrected chi connectivity index (χ2v) is 4.67. The van der Waals surface area contributed by atoms with E-state index in [9.17, 15) is 4.79 Å². The second kappa shape index (κ2) is 6.96. The first-order valence-corrected chi connectivity index (χ1v) is 6.19. The van der Waals surface area contributed by atoms with Gasteiger partial charge in [-0.1, -0.05) is 19.9 Å². The lowest BCUT2D eigenvalue weighted by Gasteiger charge is -2.10. The predicted molar refractivity (Wildman–Crippen MR) is 75.9 cm³/mol. The van der Waals surface area contributed by atoms with Crippen LogP contribution < -0.4 is 15.4 Å². The molecule has 0 unspecified atom stereocenters. The van der Waals surface area contributed by atoms with Crippen LogP contribution in [-0.4, -0.2) is 24.7 Å². The van der Waals surface area contributed by atoms with E-state index in [1.54, 1.807) is 25.2 Å². The lowest BCUT2D eigenvalue weighted by atomic mass is 10.2. The van der Waals surface area contributed by atoms with Crippen molar-refractivity contribution in [3.05, 3.63) is 29.8 Å². The first-order chi connectivity index (χ1) is 8.52. The molecular weight excluding hydrogens is 248 g/mol. The Hall–Kier alpha value is -1.62. The van der Waals surface area contributed by atoms with E-state index >= 15 is 0 Å². The predicted octanol–water partition coefficient (Wildman–Crippen LogP) is 1.96. The molecular formula is C13H18N2O2S. The molecule has 1 aromatic carbocycles. The summed E-state index contributed by atoms with van der Waals surface area (Å²) in [5.41, 5.74) is 0.522. The second-order valence-electron chi connectivity index (χ2n) is 4.27. The molecule has 1 rings (SSSR count). The molecule has 0 aliphatic heterocycles. The van der Waals surface area contributed by atoms with Gasteiger partial charge in [0, 0.05) is 12.6 Å². The average Bonchev–Trinajstić information content (AvgIpc) is 2.36. The van der Waals surface area contributed by atoms with Crippen molar-refractivity contribution in [1.29, 1.82) is 0 Å². The van der Waals surface area contributed by atoms with Gasteiger partial charge in [-0.15, -0.1) is 0 Å².